The predicted molar refractivity (Wildman–Crippen MR) is 67.1 cm³/mol. The standard InChI is InChI=1S/C13H12F3N3O/c1-19-12(17)10(7-18-19)11(20)6-8-3-2-4-9(5-8)13(14,15)16/h2-5,7H,6,17H2,1H3. The first kappa shape index (κ1) is 14.1. The second kappa shape index (κ2) is 4.99. The van der Waals surface area contributed by atoms with E-state index in [9.17, 15) is 18.0 Å². The number of alkyl halides is 3. The van der Waals surface area contributed by atoms with E-state index in [1.807, 2.05) is 0 Å². The van der Waals surface area contributed by atoms with Crippen LogP contribution in [0.5, 0.6) is 0 Å². The van der Waals surface area contributed by atoms with Crippen LogP contribution in [0.15, 0.2) is 30.5 Å². The van der Waals surface area contributed by atoms with E-state index in [0.717, 1.165) is 12.1 Å². The van der Waals surface area contributed by atoms with Gasteiger partial charge in [-0.05, 0) is 11.6 Å². The molecule has 0 saturated heterocycles. The number of halogens is 3. The highest BCUT2D eigenvalue weighted by Gasteiger charge is 2.30. The van der Waals surface area contributed by atoms with Crippen molar-refractivity contribution in [1.82, 2.24) is 9.78 Å². The second-order valence-electron chi connectivity index (χ2n) is 4.37. The van der Waals surface area contributed by atoms with E-state index in [1.165, 1.54) is 23.0 Å². The number of benzene rings is 1. The summed E-state index contributed by atoms with van der Waals surface area (Å²) in [6.07, 6.45) is -3.27. The third-order valence-electron chi connectivity index (χ3n) is 2.90. The van der Waals surface area contributed by atoms with Gasteiger partial charge in [-0.2, -0.15) is 18.3 Å². The van der Waals surface area contributed by atoms with Gasteiger partial charge in [-0.15, -0.1) is 0 Å². The van der Waals surface area contributed by atoms with Crippen molar-refractivity contribution in [3.8, 4) is 0 Å². The number of ketones is 1. The molecule has 0 atom stereocenters. The molecule has 4 nitrogen and oxygen atoms in total. The number of hydrogen-bond acceptors (Lipinski definition) is 3. The summed E-state index contributed by atoms with van der Waals surface area (Å²) < 4.78 is 39.1. The average molecular weight is 283 g/mol. The first-order valence-corrected chi connectivity index (χ1v) is 5.76. The molecule has 1 aromatic heterocycles. The summed E-state index contributed by atoms with van der Waals surface area (Å²) >= 11 is 0. The Bertz CT molecular complexity index is 647. The third kappa shape index (κ3) is 2.81. The van der Waals surface area contributed by atoms with Crippen molar-refractivity contribution in [2.45, 2.75) is 12.6 Å². The normalized spacial score (nSPS) is 11.6. The van der Waals surface area contributed by atoms with Crippen molar-refractivity contribution >= 4 is 11.6 Å². The summed E-state index contributed by atoms with van der Waals surface area (Å²) in [5.41, 5.74) is 5.38. The molecule has 1 aromatic carbocycles. The zero-order valence-corrected chi connectivity index (χ0v) is 10.6. The van der Waals surface area contributed by atoms with Gasteiger partial charge in [0.1, 0.15) is 5.82 Å². The number of Topliss-reactive ketones (excluding diaryl/α,β-unsaturated/α-hetero) is 1. The van der Waals surface area contributed by atoms with E-state index in [1.54, 1.807) is 7.05 Å². The molecule has 1 heterocycles. The van der Waals surface area contributed by atoms with Crippen molar-refractivity contribution < 1.29 is 18.0 Å². The van der Waals surface area contributed by atoms with Gasteiger partial charge < -0.3 is 5.73 Å². The van der Waals surface area contributed by atoms with Crippen molar-refractivity contribution in [2.75, 3.05) is 5.73 Å². The summed E-state index contributed by atoms with van der Waals surface area (Å²) in [5.74, 6) is -0.170. The summed E-state index contributed by atoms with van der Waals surface area (Å²) in [6, 6.07) is 4.68. The Morgan fingerprint density at radius 3 is 2.65 bits per heavy atom. The highest BCUT2D eigenvalue weighted by molar-refractivity contribution is 6.01. The molecule has 0 saturated carbocycles. The highest BCUT2D eigenvalue weighted by atomic mass is 19.4. The summed E-state index contributed by atoms with van der Waals surface area (Å²) in [7, 11) is 1.58. The smallest absolute Gasteiger partial charge is 0.383 e. The number of carbonyl (C=O) groups is 1. The third-order valence-corrected chi connectivity index (χ3v) is 2.90. The number of aromatic nitrogens is 2. The van der Waals surface area contributed by atoms with Gasteiger partial charge in [-0.3, -0.25) is 9.48 Å². The molecule has 2 N–H and O–H groups in total. The van der Waals surface area contributed by atoms with Crippen molar-refractivity contribution in [3.05, 3.63) is 47.2 Å². The van der Waals surface area contributed by atoms with Crippen molar-refractivity contribution in [1.29, 1.82) is 0 Å². The molecule has 0 bridgehead atoms. The lowest BCUT2D eigenvalue weighted by Gasteiger charge is -2.08. The molecule has 0 amide bonds. The van der Waals surface area contributed by atoms with Gasteiger partial charge in [0.2, 0.25) is 0 Å². The van der Waals surface area contributed by atoms with Gasteiger partial charge >= 0.3 is 6.18 Å². The van der Waals surface area contributed by atoms with Crippen LogP contribution in [0.3, 0.4) is 0 Å². The lowest BCUT2D eigenvalue weighted by molar-refractivity contribution is -0.137. The molecular formula is C13H12F3N3O. The van der Waals surface area contributed by atoms with Gasteiger partial charge in [0.25, 0.3) is 0 Å². The molecule has 106 valence electrons. The van der Waals surface area contributed by atoms with Crippen LogP contribution in [0.4, 0.5) is 19.0 Å². The van der Waals surface area contributed by atoms with Crippen LogP contribution in [0.25, 0.3) is 0 Å². The minimum atomic E-state index is -4.42. The van der Waals surface area contributed by atoms with Crippen LogP contribution >= 0.6 is 0 Å². The number of rotatable bonds is 3. The molecule has 0 fully saturated rings. The Morgan fingerprint density at radius 2 is 2.10 bits per heavy atom. The second-order valence-corrected chi connectivity index (χ2v) is 4.37. The van der Waals surface area contributed by atoms with Gasteiger partial charge in [0.05, 0.1) is 17.3 Å². The number of nitrogen functional groups attached to an aromatic ring is 1. The Hall–Kier alpha value is -2.31. The minimum Gasteiger partial charge on any atom is -0.383 e. The first-order chi connectivity index (χ1) is 9.29. The molecule has 0 aliphatic carbocycles. The van der Waals surface area contributed by atoms with E-state index in [0.29, 0.717) is 0 Å². The largest absolute Gasteiger partial charge is 0.416 e. The monoisotopic (exact) mass is 283 g/mol. The van der Waals surface area contributed by atoms with Crippen LogP contribution in [-0.2, 0) is 19.6 Å². The zero-order valence-electron chi connectivity index (χ0n) is 10.6. The lowest BCUT2D eigenvalue weighted by Crippen LogP contribution is -2.09. The number of nitrogens with zero attached hydrogens (tertiary/aromatic N) is 2. The number of nitrogens with two attached hydrogens (primary N) is 1. The number of anilines is 1. The quantitative estimate of drug-likeness (QED) is 0.880. The average Bonchev–Trinajstić information content (AvgIpc) is 2.69. The highest BCUT2D eigenvalue weighted by Crippen LogP contribution is 2.29. The van der Waals surface area contributed by atoms with E-state index in [2.05, 4.69) is 5.10 Å². The molecule has 0 spiro atoms. The number of aryl methyl sites for hydroxylation is 1. The van der Waals surface area contributed by atoms with Crippen molar-refractivity contribution in [3.63, 3.8) is 0 Å². The van der Waals surface area contributed by atoms with Crippen molar-refractivity contribution in [2.24, 2.45) is 7.05 Å². The molecule has 0 radical (unpaired) electrons. The van der Waals surface area contributed by atoms with Gasteiger partial charge in [-0.1, -0.05) is 18.2 Å². The first-order valence-electron chi connectivity index (χ1n) is 5.76. The molecule has 2 rings (SSSR count). The molecule has 2 aromatic rings. The summed E-state index contributed by atoms with van der Waals surface area (Å²) in [4.78, 5) is 12.0. The molecule has 0 aliphatic rings. The Labute approximate surface area is 113 Å². The minimum absolute atomic E-state index is 0.153. The zero-order chi connectivity index (χ0) is 14.9. The summed E-state index contributed by atoms with van der Waals surface area (Å²) in [5, 5.41) is 3.83. The van der Waals surface area contributed by atoms with Gasteiger partial charge in [-0.25, -0.2) is 0 Å². The van der Waals surface area contributed by atoms with E-state index < -0.39 is 11.7 Å². The van der Waals surface area contributed by atoms with Crippen LogP contribution in [0.1, 0.15) is 21.5 Å². The van der Waals surface area contributed by atoms with Gasteiger partial charge in [0, 0.05) is 13.5 Å². The Morgan fingerprint density at radius 1 is 1.40 bits per heavy atom. The van der Waals surface area contributed by atoms with E-state index in [4.69, 9.17) is 5.73 Å². The fourth-order valence-corrected chi connectivity index (χ4v) is 1.80. The predicted octanol–water partition coefficient (Wildman–Crippen LogP) is 2.45. The van der Waals surface area contributed by atoms with E-state index >= 15 is 0 Å². The molecule has 7 heteroatoms. The van der Waals surface area contributed by atoms with Crippen LogP contribution in [0, 0.1) is 0 Å². The number of carbonyl (C=O) groups excluding carboxylic acids is 1. The molecule has 20 heavy (non-hydrogen) atoms. The molecule has 0 unspecified atom stereocenters. The number of hydrogen-bond donors (Lipinski definition) is 1. The maximum absolute atomic E-state index is 12.6. The maximum Gasteiger partial charge on any atom is 0.416 e. The fraction of sp³-hybridized carbons (Fsp3) is 0.231. The Kier molecular flexibility index (Phi) is 3.52. The van der Waals surface area contributed by atoms with Crippen LogP contribution in [-0.4, -0.2) is 15.6 Å². The van der Waals surface area contributed by atoms with Crippen LogP contribution in [0.2, 0.25) is 0 Å². The maximum atomic E-state index is 12.6. The Balaban J connectivity index is 2.22. The topological polar surface area (TPSA) is 60.9 Å². The fourth-order valence-electron chi connectivity index (χ4n) is 1.80. The van der Waals surface area contributed by atoms with Gasteiger partial charge in [0.15, 0.2) is 5.78 Å². The molecular weight excluding hydrogens is 271 g/mol. The summed E-state index contributed by atoms with van der Waals surface area (Å²) in [6.45, 7) is 0. The lowest BCUT2D eigenvalue weighted by atomic mass is 10.0. The molecule has 0 aliphatic heterocycles. The van der Waals surface area contributed by atoms with E-state index in [-0.39, 0.29) is 29.1 Å². The van der Waals surface area contributed by atoms with Crippen LogP contribution < -0.4 is 5.73 Å². The SMILES string of the molecule is Cn1ncc(C(=O)Cc2cccc(C(F)(F)F)c2)c1N.